The fraction of sp³-hybridized carbons (Fsp3) is 0.611. The van der Waals surface area contributed by atoms with Crippen molar-refractivity contribution in [3.05, 3.63) is 29.8 Å². The molecular weight excluding hydrogens is 354 g/mol. The number of nitrogens with one attached hydrogen (secondary N) is 2. The van der Waals surface area contributed by atoms with Crippen LogP contribution in [-0.2, 0) is 9.84 Å². The quantitative estimate of drug-likeness (QED) is 0.417. The first-order chi connectivity index (χ1) is 12.3. The highest BCUT2D eigenvalue weighted by Crippen LogP contribution is 2.19. The molecule has 0 heterocycles. The maximum atomic E-state index is 11.5. The maximum absolute atomic E-state index is 11.5. The van der Waals surface area contributed by atoms with Crippen molar-refractivity contribution in [2.75, 3.05) is 31.1 Å². The molecule has 26 heavy (non-hydrogen) atoms. The van der Waals surface area contributed by atoms with Crippen LogP contribution in [0.2, 0.25) is 0 Å². The standard InChI is InChI=1S/C18H31N3O4S/c1-5-19-18(20-11-12-26(23,24)6-2)21-13-17(22)15-7-9-16(10-8-15)25-14(3)4/h7-10,14,17,22H,5-6,11-13H2,1-4H3,(H2,19,20,21). The van der Waals surface area contributed by atoms with Crippen molar-refractivity contribution in [1.82, 2.24) is 10.6 Å². The van der Waals surface area contributed by atoms with E-state index in [1.54, 1.807) is 6.92 Å². The highest BCUT2D eigenvalue weighted by molar-refractivity contribution is 7.91. The first kappa shape index (κ1) is 22.2. The van der Waals surface area contributed by atoms with Crippen molar-refractivity contribution in [3.63, 3.8) is 0 Å². The molecule has 0 amide bonds. The largest absolute Gasteiger partial charge is 0.491 e. The molecule has 1 atom stereocenters. The van der Waals surface area contributed by atoms with E-state index >= 15 is 0 Å². The molecule has 0 aromatic heterocycles. The van der Waals surface area contributed by atoms with Crippen LogP contribution in [0.15, 0.2) is 29.3 Å². The minimum Gasteiger partial charge on any atom is -0.491 e. The molecule has 0 spiro atoms. The van der Waals surface area contributed by atoms with Crippen molar-refractivity contribution in [2.24, 2.45) is 4.99 Å². The minimum atomic E-state index is -3.02. The van der Waals surface area contributed by atoms with E-state index in [2.05, 4.69) is 15.6 Å². The summed E-state index contributed by atoms with van der Waals surface area (Å²) in [4.78, 5) is 4.32. The molecule has 1 rings (SSSR count). The van der Waals surface area contributed by atoms with Gasteiger partial charge in [0, 0.05) is 18.8 Å². The van der Waals surface area contributed by atoms with Crippen LogP contribution < -0.4 is 15.4 Å². The summed E-state index contributed by atoms with van der Waals surface area (Å²) in [6.45, 7) is 8.55. The second-order valence-electron chi connectivity index (χ2n) is 6.13. The lowest BCUT2D eigenvalue weighted by Gasteiger charge is -2.14. The van der Waals surface area contributed by atoms with Gasteiger partial charge in [0.15, 0.2) is 15.8 Å². The molecule has 0 radical (unpaired) electrons. The Balaban J connectivity index is 2.61. The van der Waals surface area contributed by atoms with E-state index in [1.165, 1.54) is 0 Å². The SMILES string of the molecule is CCNC(=NCC(O)c1ccc(OC(C)C)cc1)NCCS(=O)(=O)CC. The summed E-state index contributed by atoms with van der Waals surface area (Å²) >= 11 is 0. The predicted molar refractivity (Wildman–Crippen MR) is 105 cm³/mol. The zero-order valence-electron chi connectivity index (χ0n) is 16.0. The van der Waals surface area contributed by atoms with E-state index in [9.17, 15) is 13.5 Å². The highest BCUT2D eigenvalue weighted by atomic mass is 32.2. The third-order valence-corrected chi connectivity index (χ3v) is 5.25. The second-order valence-corrected chi connectivity index (χ2v) is 8.61. The zero-order valence-corrected chi connectivity index (χ0v) is 16.8. The van der Waals surface area contributed by atoms with E-state index in [4.69, 9.17) is 4.74 Å². The first-order valence-corrected chi connectivity index (χ1v) is 10.8. The molecule has 0 fully saturated rings. The van der Waals surface area contributed by atoms with Gasteiger partial charge in [0.25, 0.3) is 0 Å². The molecule has 0 aliphatic carbocycles. The Bertz CT molecular complexity index is 658. The van der Waals surface area contributed by atoms with Crippen LogP contribution in [0.4, 0.5) is 0 Å². The molecule has 0 saturated heterocycles. The van der Waals surface area contributed by atoms with Gasteiger partial charge in [0.05, 0.1) is 24.5 Å². The Morgan fingerprint density at radius 2 is 1.85 bits per heavy atom. The van der Waals surface area contributed by atoms with E-state index in [1.807, 2.05) is 45.0 Å². The molecule has 0 saturated carbocycles. The molecule has 7 nitrogen and oxygen atoms in total. The summed E-state index contributed by atoms with van der Waals surface area (Å²) in [7, 11) is -3.02. The number of aliphatic hydroxyl groups excluding tert-OH is 1. The fourth-order valence-corrected chi connectivity index (χ4v) is 2.84. The summed E-state index contributed by atoms with van der Waals surface area (Å²) in [5.41, 5.74) is 0.745. The molecule has 0 aliphatic rings. The van der Waals surface area contributed by atoms with Crippen LogP contribution in [0.3, 0.4) is 0 Å². The van der Waals surface area contributed by atoms with Gasteiger partial charge < -0.3 is 20.5 Å². The van der Waals surface area contributed by atoms with Crippen LogP contribution >= 0.6 is 0 Å². The number of aliphatic hydroxyl groups is 1. The third kappa shape index (κ3) is 8.53. The van der Waals surface area contributed by atoms with Gasteiger partial charge in [-0.3, -0.25) is 4.99 Å². The van der Waals surface area contributed by atoms with Gasteiger partial charge in [-0.05, 0) is 38.5 Å². The van der Waals surface area contributed by atoms with Gasteiger partial charge in [0.1, 0.15) is 5.75 Å². The lowest BCUT2D eigenvalue weighted by molar-refractivity contribution is 0.186. The average molecular weight is 386 g/mol. The number of hydrogen-bond acceptors (Lipinski definition) is 5. The van der Waals surface area contributed by atoms with Crippen molar-refractivity contribution in [1.29, 1.82) is 0 Å². The molecule has 1 unspecified atom stereocenters. The maximum Gasteiger partial charge on any atom is 0.191 e. The van der Waals surface area contributed by atoms with Crippen LogP contribution in [0, 0.1) is 0 Å². The third-order valence-electron chi connectivity index (χ3n) is 3.55. The van der Waals surface area contributed by atoms with Crippen molar-refractivity contribution < 1.29 is 18.3 Å². The number of sulfone groups is 1. The van der Waals surface area contributed by atoms with Crippen LogP contribution in [0.25, 0.3) is 0 Å². The summed E-state index contributed by atoms with van der Waals surface area (Å²) in [5.74, 6) is 1.41. The molecule has 1 aromatic carbocycles. The molecular formula is C18H31N3O4S. The molecule has 8 heteroatoms. The van der Waals surface area contributed by atoms with E-state index in [0.29, 0.717) is 12.5 Å². The Kier molecular flexibility index (Phi) is 9.43. The van der Waals surface area contributed by atoms with Crippen molar-refractivity contribution in [3.8, 4) is 5.75 Å². The summed E-state index contributed by atoms with van der Waals surface area (Å²) in [5, 5.41) is 16.3. The molecule has 148 valence electrons. The van der Waals surface area contributed by atoms with Gasteiger partial charge in [0.2, 0.25) is 0 Å². The minimum absolute atomic E-state index is 0.0494. The van der Waals surface area contributed by atoms with Gasteiger partial charge >= 0.3 is 0 Å². The normalized spacial score (nSPS) is 13.5. The van der Waals surface area contributed by atoms with Crippen molar-refractivity contribution >= 4 is 15.8 Å². The second kappa shape index (κ2) is 11.0. The van der Waals surface area contributed by atoms with E-state index in [-0.39, 0.29) is 30.7 Å². The summed E-state index contributed by atoms with van der Waals surface area (Å²) in [6, 6.07) is 7.26. The summed E-state index contributed by atoms with van der Waals surface area (Å²) in [6.07, 6.45) is -0.654. The summed E-state index contributed by atoms with van der Waals surface area (Å²) < 4.78 is 28.6. The lowest BCUT2D eigenvalue weighted by atomic mass is 10.1. The Labute approximate surface area is 156 Å². The molecule has 0 bridgehead atoms. The van der Waals surface area contributed by atoms with Gasteiger partial charge in [-0.2, -0.15) is 0 Å². The van der Waals surface area contributed by atoms with E-state index < -0.39 is 15.9 Å². The number of ether oxygens (including phenoxy) is 1. The number of aliphatic imine (C=N–C) groups is 1. The number of nitrogens with zero attached hydrogens (tertiary/aromatic N) is 1. The van der Waals surface area contributed by atoms with Crippen LogP contribution in [0.1, 0.15) is 39.4 Å². The molecule has 0 aliphatic heterocycles. The highest BCUT2D eigenvalue weighted by Gasteiger charge is 2.10. The first-order valence-electron chi connectivity index (χ1n) is 8.94. The number of benzene rings is 1. The Morgan fingerprint density at radius 1 is 1.19 bits per heavy atom. The fourth-order valence-electron chi connectivity index (χ4n) is 2.13. The van der Waals surface area contributed by atoms with Gasteiger partial charge in [-0.15, -0.1) is 0 Å². The Morgan fingerprint density at radius 3 is 2.38 bits per heavy atom. The topological polar surface area (TPSA) is 100 Å². The van der Waals surface area contributed by atoms with Crippen molar-refractivity contribution in [2.45, 2.75) is 39.9 Å². The number of hydrogen-bond donors (Lipinski definition) is 3. The average Bonchev–Trinajstić information content (AvgIpc) is 2.59. The number of rotatable bonds is 10. The number of guanidine groups is 1. The lowest BCUT2D eigenvalue weighted by Crippen LogP contribution is -2.40. The molecule has 3 N–H and O–H groups in total. The predicted octanol–water partition coefficient (Wildman–Crippen LogP) is 1.50. The van der Waals surface area contributed by atoms with Gasteiger partial charge in [-0.1, -0.05) is 19.1 Å². The van der Waals surface area contributed by atoms with Crippen LogP contribution in [0.5, 0.6) is 5.75 Å². The van der Waals surface area contributed by atoms with E-state index in [0.717, 1.165) is 11.3 Å². The van der Waals surface area contributed by atoms with Gasteiger partial charge in [-0.25, -0.2) is 8.42 Å². The van der Waals surface area contributed by atoms with Crippen LogP contribution in [-0.4, -0.2) is 56.7 Å². The smallest absolute Gasteiger partial charge is 0.191 e. The monoisotopic (exact) mass is 385 g/mol. The molecule has 1 aromatic rings. The zero-order chi connectivity index (χ0) is 19.6. The Hall–Kier alpha value is -1.80.